The molecule has 0 saturated carbocycles. The van der Waals surface area contributed by atoms with Gasteiger partial charge in [0.2, 0.25) is 5.95 Å². The highest BCUT2D eigenvalue weighted by Gasteiger charge is 2.08. The van der Waals surface area contributed by atoms with Crippen LogP contribution < -0.4 is 16.6 Å². The lowest BCUT2D eigenvalue weighted by Crippen LogP contribution is -2.12. The zero-order valence-corrected chi connectivity index (χ0v) is 10.3. The number of rotatable bonds is 3. The molecule has 0 aliphatic rings. The highest BCUT2D eigenvalue weighted by molar-refractivity contribution is 6.33. The number of benzene rings is 1. The average Bonchev–Trinajstić information content (AvgIpc) is 2.36. The molecule has 0 radical (unpaired) electrons. The van der Waals surface area contributed by atoms with Gasteiger partial charge in [-0.1, -0.05) is 17.7 Å². The first-order chi connectivity index (χ1) is 8.60. The minimum atomic E-state index is -0.591. The fourth-order valence-electron chi connectivity index (χ4n) is 1.39. The van der Waals surface area contributed by atoms with Gasteiger partial charge < -0.3 is 5.32 Å². The number of hydrazine groups is 1. The Bertz CT molecular complexity index is 575. The molecule has 0 fully saturated rings. The lowest BCUT2D eigenvalue weighted by atomic mass is 10.2. The predicted octanol–water partition coefficient (Wildman–Crippen LogP) is 2.61. The van der Waals surface area contributed by atoms with E-state index < -0.39 is 5.82 Å². The lowest BCUT2D eigenvalue weighted by Gasteiger charge is -2.10. The number of nitrogens with zero attached hydrogens (tertiary/aromatic N) is 2. The lowest BCUT2D eigenvalue weighted by molar-refractivity contribution is 0.619. The molecule has 0 bridgehead atoms. The number of nitrogens with two attached hydrogens (primary N) is 1. The fraction of sp³-hybridized carbons (Fsp3) is 0.0909. The quantitative estimate of drug-likeness (QED) is 0.589. The van der Waals surface area contributed by atoms with E-state index in [0.717, 1.165) is 11.8 Å². The van der Waals surface area contributed by atoms with Gasteiger partial charge in [-0.15, -0.1) is 0 Å². The Labute approximate surface area is 108 Å². The van der Waals surface area contributed by atoms with Gasteiger partial charge in [0.15, 0.2) is 11.6 Å². The summed E-state index contributed by atoms with van der Waals surface area (Å²) >= 11 is 6.00. The van der Waals surface area contributed by atoms with E-state index in [4.69, 9.17) is 17.4 Å². The van der Waals surface area contributed by atoms with Crippen LogP contribution in [0.1, 0.15) is 5.56 Å². The maximum Gasteiger partial charge on any atom is 0.239 e. The molecule has 5 nitrogen and oxygen atoms in total. The molecular formula is C11H11ClFN5. The van der Waals surface area contributed by atoms with Gasteiger partial charge in [-0.2, -0.15) is 4.98 Å². The molecular weight excluding hydrogens is 257 g/mol. The van der Waals surface area contributed by atoms with E-state index in [9.17, 15) is 4.39 Å². The van der Waals surface area contributed by atoms with Gasteiger partial charge in [-0.3, -0.25) is 5.43 Å². The van der Waals surface area contributed by atoms with Crippen molar-refractivity contribution in [3.05, 3.63) is 40.8 Å². The van der Waals surface area contributed by atoms with Crippen molar-refractivity contribution in [1.82, 2.24) is 9.97 Å². The van der Waals surface area contributed by atoms with Crippen LogP contribution in [-0.4, -0.2) is 9.97 Å². The van der Waals surface area contributed by atoms with Crippen molar-refractivity contribution in [1.29, 1.82) is 0 Å². The smallest absolute Gasteiger partial charge is 0.239 e. The molecule has 94 valence electrons. The van der Waals surface area contributed by atoms with Gasteiger partial charge in [-0.25, -0.2) is 15.2 Å². The van der Waals surface area contributed by atoms with Crippen LogP contribution in [0.4, 0.5) is 21.8 Å². The summed E-state index contributed by atoms with van der Waals surface area (Å²) in [5.41, 5.74) is 3.81. The van der Waals surface area contributed by atoms with Crippen LogP contribution in [-0.2, 0) is 0 Å². The number of halogens is 2. The number of hydrogen-bond acceptors (Lipinski definition) is 5. The summed E-state index contributed by atoms with van der Waals surface area (Å²) in [6, 6.07) is 5.37. The molecule has 1 aromatic carbocycles. The van der Waals surface area contributed by atoms with Gasteiger partial charge in [0.05, 0.1) is 16.9 Å². The minimum absolute atomic E-state index is 0.00505. The standard InChI is InChI=1S/C11H11ClFN5/c1-6-2-3-7(12)9(4-6)16-10-8(13)5-15-11(17-10)18-14/h2-5H,14H2,1H3,(H2,15,16,17,18). The molecule has 0 spiro atoms. The Morgan fingerprint density at radius 3 is 2.89 bits per heavy atom. The van der Waals surface area contributed by atoms with Gasteiger partial charge in [-0.05, 0) is 24.6 Å². The largest absolute Gasteiger partial charge is 0.336 e. The summed E-state index contributed by atoms with van der Waals surface area (Å²) in [5, 5.41) is 3.28. The van der Waals surface area contributed by atoms with E-state index in [1.807, 2.05) is 13.0 Å². The zero-order chi connectivity index (χ0) is 13.1. The average molecular weight is 268 g/mol. The van der Waals surface area contributed by atoms with Gasteiger partial charge in [0.1, 0.15) is 0 Å². The Balaban J connectivity index is 2.36. The molecule has 0 aliphatic heterocycles. The number of aryl methyl sites for hydroxylation is 1. The molecule has 1 heterocycles. The molecule has 0 unspecified atom stereocenters. The maximum absolute atomic E-state index is 13.5. The number of nitrogen functional groups attached to an aromatic ring is 1. The van der Waals surface area contributed by atoms with Crippen molar-refractivity contribution in [2.45, 2.75) is 6.92 Å². The molecule has 0 saturated heterocycles. The molecule has 0 aliphatic carbocycles. The van der Waals surface area contributed by atoms with Crippen molar-refractivity contribution < 1.29 is 4.39 Å². The van der Waals surface area contributed by atoms with Crippen molar-refractivity contribution in [2.75, 3.05) is 10.7 Å². The minimum Gasteiger partial charge on any atom is -0.336 e. The van der Waals surface area contributed by atoms with Crippen LogP contribution in [0, 0.1) is 12.7 Å². The molecule has 4 N–H and O–H groups in total. The summed E-state index contributed by atoms with van der Waals surface area (Å²) in [7, 11) is 0. The molecule has 7 heteroatoms. The van der Waals surface area contributed by atoms with Crippen molar-refractivity contribution in [3.8, 4) is 0 Å². The molecule has 1 aromatic heterocycles. The summed E-state index contributed by atoms with van der Waals surface area (Å²) in [4.78, 5) is 7.51. The highest BCUT2D eigenvalue weighted by Crippen LogP contribution is 2.26. The van der Waals surface area contributed by atoms with Crippen LogP contribution in [0.25, 0.3) is 0 Å². The normalized spacial score (nSPS) is 10.2. The van der Waals surface area contributed by atoms with Crippen LogP contribution >= 0.6 is 11.6 Å². The van der Waals surface area contributed by atoms with Crippen LogP contribution in [0.2, 0.25) is 5.02 Å². The van der Waals surface area contributed by atoms with E-state index in [1.165, 1.54) is 0 Å². The van der Waals surface area contributed by atoms with Gasteiger partial charge in [0.25, 0.3) is 0 Å². The van der Waals surface area contributed by atoms with E-state index in [0.29, 0.717) is 10.7 Å². The number of hydrogen-bond donors (Lipinski definition) is 3. The zero-order valence-electron chi connectivity index (χ0n) is 9.54. The van der Waals surface area contributed by atoms with Crippen LogP contribution in [0.15, 0.2) is 24.4 Å². The Morgan fingerprint density at radius 1 is 1.39 bits per heavy atom. The van der Waals surface area contributed by atoms with E-state index in [1.54, 1.807) is 12.1 Å². The Hall–Kier alpha value is -1.92. The van der Waals surface area contributed by atoms with Crippen molar-refractivity contribution >= 4 is 29.1 Å². The first-order valence-corrected chi connectivity index (χ1v) is 5.50. The van der Waals surface area contributed by atoms with Gasteiger partial charge in [0, 0.05) is 0 Å². The number of anilines is 3. The second-order valence-electron chi connectivity index (χ2n) is 3.64. The molecule has 2 rings (SSSR count). The molecule has 2 aromatic rings. The first kappa shape index (κ1) is 12.5. The second kappa shape index (κ2) is 5.16. The molecule has 0 amide bonds. The topological polar surface area (TPSA) is 75.9 Å². The molecule has 0 atom stereocenters. The highest BCUT2D eigenvalue weighted by atomic mass is 35.5. The Kier molecular flexibility index (Phi) is 3.59. The Morgan fingerprint density at radius 2 is 2.17 bits per heavy atom. The first-order valence-electron chi connectivity index (χ1n) is 5.12. The van der Waals surface area contributed by atoms with E-state index in [2.05, 4.69) is 20.7 Å². The monoisotopic (exact) mass is 267 g/mol. The van der Waals surface area contributed by atoms with E-state index >= 15 is 0 Å². The number of aromatic nitrogens is 2. The van der Waals surface area contributed by atoms with Crippen LogP contribution in [0.5, 0.6) is 0 Å². The molecule has 18 heavy (non-hydrogen) atoms. The third-order valence-electron chi connectivity index (χ3n) is 2.25. The van der Waals surface area contributed by atoms with Gasteiger partial charge >= 0.3 is 0 Å². The predicted molar refractivity (Wildman–Crippen MR) is 69.3 cm³/mol. The summed E-state index contributed by atoms with van der Waals surface area (Å²) in [6.07, 6.45) is 1.02. The van der Waals surface area contributed by atoms with Crippen molar-refractivity contribution in [2.24, 2.45) is 5.84 Å². The third kappa shape index (κ3) is 2.66. The summed E-state index contributed by atoms with van der Waals surface area (Å²) in [5.74, 6) is 4.69. The fourth-order valence-corrected chi connectivity index (χ4v) is 1.55. The van der Waals surface area contributed by atoms with Crippen molar-refractivity contribution in [3.63, 3.8) is 0 Å². The van der Waals surface area contributed by atoms with Crippen LogP contribution in [0.3, 0.4) is 0 Å². The maximum atomic E-state index is 13.5. The SMILES string of the molecule is Cc1ccc(Cl)c(Nc2nc(NN)ncc2F)c1. The third-order valence-corrected chi connectivity index (χ3v) is 2.58. The summed E-state index contributed by atoms with van der Waals surface area (Å²) in [6.45, 7) is 1.91. The van der Waals surface area contributed by atoms with E-state index in [-0.39, 0.29) is 11.8 Å². The second-order valence-corrected chi connectivity index (χ2v) is 4.05. The summed E-state index contributed by atoms with van der Waals surface area (Å²) < 4.78 is 13.5. The number of nitrogens with one attached hydrogen (secondary N) is 2.